The molecule has 0 aliphatic carbocycles. The summed E-state index contributed by atoms with van der Waals surface area (Å²) in [6.07, 6.45) is 1.89. The third-order valence-corrected chi connectivity index (χ3v) is 2.78. The molecule has 0 aromatic heterocycles. The second-order valence-electron chi connectivity index (χ2n) is 3.71. The van der Waals surface area contributed by atoms with Crippen LogP contribution in [0.3, 0.4) is 0 Å². The van der Waals surface area contributed by atoms with Crippen LogP contribution in [0, 0.1) is 0 Å². The van der Waals surface area contributed by atoms with Gasteiger partial charge in [-0.1, -0.05) is 18.7 Å². The summed E-state index contributed by atoms with van der Waals surface area (Å²) in [5.41, 5.74) is 3.39. The average molecular weight is 212 g/mol. The van der Waals surface area contributed by atoms with Crippen LogP contribution in [0.4, 0.5) is 11.4 Å². The second kappa shape index (κ2) is 4.27. The molecule has 0 saturated carbocycles. The number of anilines is 2. The van der Waals surface area contributed by atoms with Gasteiger partial charge in [-0.05, 0) is 40.6 Å². The van der Waals surface area contributed by atoms with Crippen LogP contribution in [0.15, 0.2) is 36.9 Å². The summed E-state index contributed by atoms with van der Waals surface area (Å²) >= 11 is 0. The maximum absolute atomic E-state index is 3.86. The van der Waals surface area contributed by atoms with Crippen molar-refractivity contribution in [2.75, 3.05) is 24.7 Å². The molecule has 0 aliphatic heterocycles. The highest BCUT2D eigenvalue weighted by Crippen LogP contribution is 2.27. The Morgan fingerprint density at radius 1 is 1.00 bits per heavy atom. The molecule has 0 heterocycles. The minimum atomic E-state index is 1.11. The molecule has 2 heteroatoms. The molecular formula is C14H16N2. The third kappa shape index (κ3) is 1.74. The van der Waals surface area contributed by atoms with Gasteiger partial charge in [-0.2, -0.15) is 0 Å². The lowest BCUT2D eigenvalue weighted by Crippen LogP contribution is -1.91. The lowest BCUT2D eigenvalue weighted by Gasteiger charge is -2.09. The highest BCUT2D eigenvalue weighted by Gasteiger charge is 2.01. The first-order chi connectivity index (χ1) is 7.78. The quantitative estimate of drug-likeness (QED) is 0.812. The van der Waals surface area contributed by atoms with E-state index in [1.54, 1.807) is 0 Å². The fourth-order valence-electron chi connectivity index (χ4n) is 1.87. The SMILES string of the molecule is C=Cc1cc(NC)cc2cc(NC)ccc12. The van der Waals surface area contributed by atoms with Crippen molar-refractivity contribution in [2.24, 2.45) is 0 Å². The molecule has 2 aromatic rings. The van der Waals surface area contributed by atoms with E-state index < -0.39 is 0 Å². The normalized spacial score (nSPS) is 10.1. The highest BCUT2D eigenvalue weighted by atomic mass is 14.8. The van der Waals surface area contributed by atoms with Crippen LogP contribution in [0.25, 0.3) is 16.8 Å². The van der Waals surface area contributed by atoms with Crippen LogP contribution >= 0.6 is 0 Å². The van der Waals surface area contributed by atoms with Crippen LogP contribution in [0.1, 0.15) is 5.56 Å². The largest absolute Gasteiger partial charge is 0.388 e. The van der Waals surface area contributed by atoms with Crippen molar-refractivity contribution in [1.82, 2.24) is 0 Å². The second-order valence-corrected chi connectivity index (χ2v) is 3.71. The van der Waals surface area contributed by atoms with Gasteiger partial charge in [0.2, 0.25) is 0 Å². The summed E-state index contributed by atoms with van der Waals surface area (Å²) < 4.78 is 0. The van der Waals surface area contributed by atoms with Gasteiger partial charge in [0.15, 0.2) is 0 Å². The Kier molecular flexibility index (Phi) is 2.82. The molecule has 0 amide bonds. The molecule has 0 bridgehead atoms. The first kappa shape index (κ1) is 10.6. The van der Waals surface area contributed by atoms with E-state index in [0.717, 1.165) is 16.9 Å². The molecule has 2 aromatic carbocycles. The van der Waals surface area contributed by atoms with Crippen molar-refractivity contribution in [2.45, 2.75) is 0 Å². The molecule has 2 rings (SSSR count). The Hall–Kier alpha value is -1.96. The number of fused-ring (bicyclic) bond motifs is 1. The van der Waals surface area contributed by atoms with Crippen molar-refractivity contribution in [1.29, 1.82) is 0 Å². The van der Waals surface area contributed by atoms with E-state index in [-0.39, 0.29) is 0 Å². The third-order valence-electron chi connectivity index (χ3n) is 2.78. The summed E-state index contributed by atoms with van der Waals surface area (Å²) in [7, 11) is 3.85. The Labute approximate surface area is 96.0 Å². The minimum absolute atomic E-state index is 1.11. The molecule has 0 atom stereocenters. The summed E-state index contributed by atoms with van der Waals surface area (Å²) in [4.78, 5) is 0. The maximum atomic E-state index is 3.86. The monoisotopic (exact) mass is 212 g/mol. The van der Waals surface area contributed by atoms with Gasteiger partial charge in [0.1, 0.15) is 0 Å². The van der Waals surface area contributed by atoms with Crippen molar-refractivity contribution >= 4 is 28.2 Å². The van der Waals surface area contributed by atoms with Crippen molar-refractivity contribution < 1.29 is 0 Å². The Bertz CT molecular complexity index is 524. The smallest absolute Gasteiger partial charge is 0.0350 e. The van der Waals surface area contributed by atoms with E-state index in [1.807, 2.05) is 20.2 Å². The molecule has 0 fully saturated rings. The van der Waals surface area contributed by atoms with Crippen LogP contribution in [-0.2, 0) is 0 Å². The van der Waals surface area contributed by atoms with E-state index in [2.05, 4.69) is 47.5 Å². The number of benzene rings is 2. The maximum Gasteiger partial charge on any atom is 0.0350 e. The van der Waals surface area contributed by atoms with Crippen molar-refractivity contribution in [3.8, 4) is 0 Å². The predicted octanol–water partition coefficient (Wildman–Crippen LogP) is 3.57. The van der Waals surface area contributed by atoms with Gasteiger partial charge in [0.25, 0.3) is 0 Å². The fraction of sp³-hybridized carbons (Fsp3) is 0.143. The minimum Gasteiger partial charge on any atom is -0.388 e. The van der Waals surface area contributed by atoms with Crippen molar-refractivity contribution in [3.05, 3.63) is 42.5 Å². The molecular weight excluding hydrogens is 196 g/mol. The van der Waals surface area contributed by atoms with Crippen LogP contribution in [0.2, 0.25) is 0 Å². The standard InChI is InChI=1S/C14H16N2/c1-4-10-7-13(16-3)9-11-8-12(15-2)5-6-14(10)11/h4-9,15-16H,1H2,2-3H3. The molecule has 0 unspecified atom stereocenters. The number of rotatable bonds is 3. The lowest BCUT2D eigenvalue weighted by atomic mass is 10.0. The van der Waals surface area contributed by atoms with Gasteiger partial charge in [0.05, 0.1) is 0 Å². The van der Waals surface area contributed by atoms with E-state index in [1.165, 1.54) is 10.8 Å². The first-order valence-electron chi connectivity index (χ1n) is 5.34. The number of nitrogens with one attached hydrogen (secondary N) is 2. The van der Waals surface area contributed by atoms with Crippen LogP contribution < -0.4 is 10.6 Å². The summed E-state index contributed by atoms with van der Waals surface area (Å²) in [6, 6.07) is 10.6. The molecule has 0 aliphatic rings. The van der Waals surface area contributed by atoms with E-state index in [9.17, 15) is 0 Å². The summed E-state index contributed by atoms with van der Waals surface area (Å²) in [5.74, 6) is 0. The van der Waals surface area contributed by atoms with E-state index in [0.29, 0.717) is 0 Å². The highest BCUT2D eigenvalue weighted by molar-refractivity contribution is 5.95. The summed E-state index contributed by atoms with van der Waals surface area (Å²) in [5, 5.41) is 8.76. The van der Waals surface area contributed by atoms with Crippen molar-refractivity contribution in [3.63, 3.8) is 0 Å². The van der Waals surface area contributed by atoms with Gasteiger partial charge in [-0.15, -0.1) is 0 Å². The molecule has 2 nitrogen and oxygen atoms in total. The fourth-order valence-corrected chi connectivity index (χ4v) is 1.87. The first-order valence-corrected chi connectivity index (χ1v) is 5.34. The zero-order chi connectivity index (χ0) is 11.5. The predicted molar refractivity (Wildman–Crippen MR) is 73.1 cm³/mol. The van der Waals surface area contributed by atoms with Gasteiger partial charge < -0.3 is 10.6 Å². The molecule has 82 valence electrons. The molecule has 0 spiro atoms. The van der Waals surface area contributed by atoms with Crippen LogP contribution in [-0.4, -0.2) is 14.1 Å². The van der Waals surface area contributed by atoms with Gasteiger partial charge in [0, 0.05) is 25.5 Å². The number of hydrogen-bond donors (Lipinski definition) is 2. The zero-order valence-electron chi connectivity index (χ0n) is 9.67. The zero-order valence-corrected chi connectivity index (χ0v) is 9.67. The average Bonchev–Trinajstić information content (AvgIpc) is 2.36. The Morgan fingerprint density at radius 2 is 1.69 bits per heavy atom. The van der Waals surface area contributed by atoms with Gasteiger partial charge >= 0.3 is 0 Å². The Balaban J connectivity index is 2.73. The molecule has 2 N–H and O–H groups in total. The Morgan fingerprint density at radius 3 is 2.31 bits per heavy atom. The molecule has 0 saturated heterocycles. The van der Waals surface area contributed by atoms with Gasteiger partial charge in [-0.25, -0.2) is 0 Å². The van der Waals surface area contributed by atoms with E-state index in [4.69, 9.17) is 0 Å². The molecule has 0 radical (unpaired) electrons. The molecule has 16 heavy (non-hydrogen) atoms. The summed E-state index contributed by atoms with van der Waals surface area (Å²) in [6.45, 7) is 3.86. The lowest BCUT2D eigenvalue weighted by molar-refractivity contribution is 1.51. The van der Waals surface area contributed by atoms with Gasteiger partial charge in [-0.3, -0.25) is 0 Å². The topological polar surface area (TPSA) is 24.1 Å². The number of hydrogen-bond acceptors (Lipinski definition) is 2. The van der Waals surface area contributed by atoms with E-state index >= 15 is 0 Å². The van der Waals surface area contributed by atoms with Crippen LogP contribution in [0.5, 0.6) is 0 Å².